The molecule has 0 amide bonds. The molecule has 0 atom stereocenters. The van der Waals surface area contributed by atoms with Crippen LogP contribution in [0.15, 0.2) is 41.3 Å². The van der Waals surface area contributed by atoms with Gasteiger partial charge in [0.2, 0.25) is 10.0 Å². The van der Waals surface area contributed by atoms with Crippen molar-refractivity contribution in [1.29, 1.82) is 0 Å². The Labute approximate surface area is 173 Å². The highest BCUT2D eigenvalue weighted by Gasteiger charge is 2.33. The maximum atomic E-state index is 13.2. The summed E-state index contributed by atoms with van der Waals surface area (Å²) < 4.78 is 51.2. The molecule has 1 fully saturated rings. The van der Waals surface area contributed by atoms with Crippen molar-refractivity contribution < 1.29 is 27.1 Å². The summed E-state index contributed by atoms with van der Waals surface area (Å²) in [5, 5.41) is -0.153. The number of ketones is 1. The SMILES string of the molecule is O=C(c1ccc2c(c1)OCCO2)C1CCN(S(=O)(=O)c2ccc(F)cc2Cl)CC1. The van der Waals surface area contributed by atoms with Crippen molar-refractivity contribution in [3.05, 3.63) is 52.8 Å². The molecule has 2 heterocycles. The summed E-state index contributed by atoms with van der Waals surface area (Å²) in [6.07, 6.45) is 0.788. The minimum atomic E-state index is -3.85. The molecule has 0 unspecified atom stereocenters. The molecular weight excluding hydrogens is 421 g/mol. The molecule has 9 heteroatoms. The Bertz CT molecular complexity index is 1050. The Balaban J connectivity index is 1.46. The van der Waals surface area contributed by atoms with Gasteiger partial charge in [-0.1, -0.05) is 11.6 Å². The van der Waals surface area contributed by atoms with Gasteiger partial charge in [0.15, 0.2) is 17.3 Å². The number of benzene rings is 2. The molecule has 154 valence electrons. The molecule has 2 aromatic rings. The highest BCUT2D eigenvalue weighted by atomic mass is 35.5. The zero-order valence-electron chi connectivity index (χ0n) is 15.4. The molecule has 6 nitrogen and oxygen atoms in total. The first kappa shape index (κ1) is 20.1. The number of halogens is 2. The second kappa shape index (κ2) is 7.93. The summed E-state index contributed by atoms with van der Waals surface area (Å²) >= 11 is 5.93. The summed E-state index contributed by atoms with van der Waals surface area (Å²) in [5.74, 6) is 0.238. The quantitative estimate of drug-likeness (QED) is 0.681. The molecule has 1 saturated heterocycles. The Hall–Kier alpha value is -2.16. The first-order chi connectivity index (χ1) is 13.9. The van der Waals surface area contributed by atoms with Crippen LogP contribution in [0.1, 0.15) is 23.2 Å². The lowest BCUT2D eigenvalue weighted by molar-refractivity contribution is 0.0874. The largest absolute Gasteiger partial charge is 0.486 e. The summed E-state index contributed by atoms with van der Waals surface area (Å²) in [6.45, 7) is 1.30. The number of hydrogen-bond donors (Lipinski definition) is 0. The Morgan fingerprint density at radius 3 is 2.41 bits per heavy atom. The summed E-state index contributed by atoms with van der Waals surface area (Å²) in [5.41, 5.74) is 0.525. The third-order valence-electron chi connectivity index (χ3n) is 5.16. The van der Waals surface area contributed by atoms with Crippen molar-refractivity contribution >= 4 is 27.4 Å². The summed E-state index contributed by atoms with van der Waals surface area (Å²) in [4.78, 5) is 12.7. The van der Waals surface area contributed by atoms with E-state index in [2.05, 4.69) is 0 Å². The lowest BCUT2D eigenvalue weighted by Crippen LogP contribution is -2.40. The Morgan fingerprint density at radius 1 is 1.03 bits per heavy atom. The average Bonchev–Trinajstić information content (AvgIpc) is 2.72. The normalized spacial score (nSPS) is 17.9. The van der Waals surface area contributed by atoms with Crippen molar-refractivity contribution in [2.24, 2.45) is 5.92 Å². The molecule has 2 aliphatic rings. The van der Waals surface area contributed by atoms with Crippen LogP contribution in [0.3, 0.4) is 0 Å². The van der Waals surface area contributed by atoms with Crippen molar-refractivity contribution in [2.75, 3.05) is 26.3 Å². The van der Waals surface area contributed by atoms with E-state index in [1.165, 1.54) is 10.4 Å². The van der Waals surface area contributed by atoms with Gasteiger partial charge in [-0.3, -0.25) is 4.79 Å². The average molecular weight is 440 g/mol. The van der Waals surface area contributed by atoms with Gasteiger partial charge in [-0.15, -0.1) is 0 Å². The highest BCUT2D eigenvalue weighted by Crippen LogP contribution is 2.34. The molecule has 0 spiro atoms. The fraction of sp³-hybridized carbons (Fsp3) is 0.350. The molecular formula is C20H19ClFNO5S. The summed E-state index contributed by atoms with van der Waals surface area (Å²) in [6, 6.07) is 8.32. The van der Waals surface area contributed by atoms with Gasteiger partial charge in [0, 0.05) is 24.6 Å². The van der Waals surface area contributed by atoms with E-state index < -0.39 is 15.8 Å². The number of Topliss-reactive ketones (excluding diaryl/α,β-unsaturated/α-hetero) is 1. The van der Waals surface area contributed by atoms with Gasteiger partial charge >= 0.3 is 0 Å². The van der Waals surface area contributed by atoms with Gasteiger partial charge in [0.25, 0.3) is 0 Å². The predicted octanol–water partition coefficient (Wildman–Crippen LogP) is 3.53. The third-order valence-corrected chi connectivity index (χ3v) is 7.54. The first-order valence-corrected chi connectivity index (χ1v) is 11.1. The number of rotatable bonds is 4. The molecule has 0 aromatic heterocycles. The lowest BCUT2D eigenvalue weighted by Gasteiger charge is -2.31. The topological polar surface area (TPSA) is 72.9 Å². The van der Waals surface area contributed by atoms with Gasteiger partial charge in [-0.2, -0.15) is 4.31 Å². The Morgan fingerprint density at radius 2 is 1.72 bits per heavy atom. The van der Waals surface area contributed by atoms with Crippen LogP contribution < -0.4 is 9.47 Å². The van der Waals surface area contributed by atoms with Crippen molar-refractivity contribution in [3.8, 4) is 11.5 Å². The highest BCUT2D eigenvalue weighted by molar-refractivity contribution is 7.89. The fourth-order valence-electron chi connectivity index (χ4n) is 3.61. The molecule has 2 aromatic carbocycles. The molecule has 0 bridgehead atoms. The van der Waals surface area contributed by atoms with Gasteiger partial charge in [-0.05, 0) is 49.2 Å². The number of nitrogens with zero attached hydrogens (tertiary/aromatic N) is 1. The molecule has 0 N–H and O–H groups in total. The van der Waals surface area contributed by atoms with Crippen LogP contribution in [0.25, 0.3) is 0 Å². The van der Waals surface area contributed by atoms with Crippen LogP contribution in [0.2, 0.25) is 5.02 Å². The van der Waals surface area contributed by atoms with Gasteiger partial charge in [0.05, 0.1) is 5.02 Å². The van der Waals surface area contributed by atoms with E-state index in [-0.39, 0.29) is 34.7 Å². The second-order valence-corrected chi connectivity index (χ2v) is 9.29. The number of sulfonamides is 1. The first-order valence-electron chi connectivity index (χ1n) is 9.25. The van der Waals surface area contributed by atoms with Gasteiger partial charge in [0.1, 0.15) is 23.9 Å². The predicted molar refractivity (Wildman–Crippen MR) is 105 cm³/mol. The maximum absolute atomic E-state index is 13.2. The van der Waals surface area contributed by atoms with Crippen LogP contribution in [-0.4, -0.2) is 44.8 Å². The van der Waals surface area contributed by atoms with Crippen LogP contribution >= 0.6 is 11.6 Å². The molecule has 4 rings (SSSR count). The number of piperidine rings is 1. The smallest absolute Gasteiger partial charge is 0.244 e. The van der Waals surface area contributed by atoms with Crippen molar-refractivity contribution in [2.45, 2.75) is 17.7 Å². The number of hydrogen-bond acceptors (Lipinski definition) is 5. The minimum Gasteiger partial charge on any atom is -0.486 e. The molecule has 2 aliphatic heterocycles. The zero-order valence-corrected chi connectivity index (χ0v) is 17.0. The number of ether oxygens (including phenoxy) is 2. The van der Waals surface area contributed by atoms with Crippen molar-refractivity contribution in [3.63, 3.8) is 0 Å². The van der Waals surface area contributed by atoms with Crippen LogP contribution in [0, 0.1) is 11.7 Å². The molecule has 0 aliphatic carbocycles. The second-order valence-electron chi connectivity index (χ2n) is 6.98. The molecule has 29 heavy (non-hydrogen) atoms. The summed E-state index contributed by atoms with van der Waals surface area (Å²) in [7, 11) is -3.85. The molecule has 0 radical (unpaired) electrons. The number of carbonyl (C=O) groups excluding carboxylic acids is 1. The number of carbonyl (C=O) groups is 1. The van der Waals surface area contributed by atoms with Gasteiger partial charge in [-0.25, -0.2) is 12.8 Å². The van der Waals surface area contributed by atoms with Gasteiger partial charge < -0.3 is 9.47 Å². The maximum Gasteiger partial charge on any atom is 0.244 e. The minimum absolute atomic E-state index is 0.0427. The lowest BCUT2D eigenvalue weighted by atomic mass is 9.89. The van der Waals surface area contributed by atoms with E-state index in [0.29, 0.717) is 43.1 Å². The van der Waals surface area contributed by atoms with E-state index in [1.807, 2.05) is 0 Å². The molecule has 0 saturated carbocycles. The monoisotopic (exact) mass is 439 g/mol. The van der Waals surface area contributed by atoms with E-state index in [9.17, 15) is 17.6 Å². The Kier molecular flexibility index (Phi) is 5.50. The van der Waals surface area contributed by atoms with E-state index in [4.69, 9.17) is 21.1 Å². The number of fused-ring (bicyclic) bond motifs is 1. The van der Waals surface area contributed by atoms with E-state index >= 15 is 0 Å². The fourth-order valence-corrected chi connectivity index (χ4v) is 5.59. The van der Waals surface area contributed by atoms with Crippen LogP contribution in [-0.2, 0) is 10.0 Å². The van der Waals surface area contributed by atoms with Crippen LogP contribution in [0.4, 0.5) is 4.39 Å². The van der Waals surface area contributed by atoms with Crippen LogP contribution in [0.5, 0.6) is 11.5 Å². The van der Waals surface area contributed by atoms with Crippen molar-refractivity contribution in [1.82, 2.24) is 4.31 Å². The third kappa shape index (κ3) is 3.97. The zero-order chi connectivity index (χ0) is 20.6. The van der Waals surface area contributed by atoms with E-state index in [0.717, 1.165) is 12.1 Å². The standard InChI is InChI=1S/C20H19ClFNO5S/c21-16-12-15(22)2-4-19(16)29(25,26)23-7-5-13(6-8-23)20(24)14-1-3-17-18(11-14)28-10-9-27-17/h1-4,11-13H,5-10H2. The van der Waals surface area contributed by atoms with E-state index in [1.54, 1.807) is 18.2 Å².